The Hall–Kier alpha value is -2.90. The van der Waals surface area contributed by atoms with E-state index >= 15 is 0 Å². The summed E-state index contributed by atoms with van der Waals surface area (Å²) in [5, 5.41) is 14.2. The van der Waals surface area contributed by atoms with Gasteiger partial charge in [0.1, 0.15) is 5.69 Å². The molecular formula is C17H21N3O5. The van der Waals surface area contributed by atoms with E-state index in [0.29, 0.717) is 24.2 Å². The number of esters is 1. The Morgan fingerprint density at radius 2 is 2.08 bits per heavy atom. The fourth-order valence-electron chi connectivity index (χ4n) is 2.61. The summed E-state index contributed by atoms with van der Waals surface area (Å²) < 4.78 is 4.48. The van der Waals surface area contributed by atoms with Crippen molar-refractivity contribution in [3.05, 3.63) is 40.0 Å². The summed E-state index contributed by atoms with van der Waals surface area (Å²) in [4.78, 5) is 35.6. The number of amides is 1. The van der Waals surface area contributed by atoms with Gasteiger partial charge in [0, 0.05) is 38.2 Å². The zero-order valence-electron chi connectivity index (χ0n) is 14.1. The predicted octanol–water partition coefficient (Wildman–Crippen LogP) is 2.21. The highest BCUT2D eigenvalue weighted by atomic mass is 16.6. The third-order valence-corrected chi connectivity index (χ3v) is 3.94. The number of nitrogens with zero attached hydrogens (tertiary/aromatic N) is 2. The van der Waals surface area contributed by atoms with Crippen LogP contribution in [0.5, 0.6) is 0 Å². The van der Waals surface area contributed by atoms with Crippen LogP contribution in [0.4, 0.5) is 11.4 Å². The van der Waals surface area contributed by atoms with Crippen LogP contribution >= 0.6 is 0 Å². The first-order valence-corrected chi connectivity index (χ1v) is 8.07. The van der Waals surface area contributed by atoms with Crippen LogP contribution < -0.4 is 5.32 Å². The number of nitrogens with one attached hydrogen (secondary N) is 1. The highest BCUT2D eigenvalue weighted by molar-refractivity contribution is 5.87. The van der Waals surface area contributed by atoms with Crippen LogP contribution in [0.1, 0.15) is 24.8 Å². The summed E-state index contributed by atoms with van der Waals surface area (Å²) in [7, 11) is 1.26. The lowest BCUT2D eigenvalue weighted by molar-refractivity contribution is -0.384. The van der Waals surface area contributed by atoms with Crippen molar-refractivity contribution in [2.24, 2.45) is 0 Å². The van der Waals surface area contributed by atoms with Crippen molar-refractivity contribution >= 4 is 29.3 Å². The molecule has 1 aromatic carbocycles. The van der Waals surface area contributed by atoms with E-state index in [1.165, 1.54) is 25.3 Å². The predicted molar refractivity (Wildman–Crippen MR) is 93.1 cm³/mol. The maximum absolute atomic E-state index is 12.0. The molecule has 1 heterocycles. The largest absolute Gasteiger partial charge is 0.466 e. The normalized spacial score (nSPS) is 13.9. The summed E-state index contributed by atoms with van der Waals surface area (Å²) in [6.45, 7) is 1.91. The molecule has 134 valence electrons. The lowest BCUT2D eigenvalue weighted by atomic mass is 10.1. The van der Waals surface area contributed by atoms with Crippen LogP contribution in [0.2, 0.25) is 0 Å². The number of methoxy groups -OCH3 is 1. The number of benzene rings is 1. The highest BCUT2D eigenvalue weighted by Crippen LogP contribution is 2.26. The van der Waals surface area contributed by atoms with Crippen molar-refractivity contribution in [1.82, 2.24) is 4.90 Å². The molecule has 0 aliphatic carbocycles. The number of likely N-dealkylation sites (tertiary alicyclic amines) is 1. The third-order valence-electron chi connectivity index (χ3n) is 3.94. The molecule has 8 heteroatoms. The van der Waals surface area contributed by atoms with Gasteiger partial charge in [-0.25, -0.2) is 4.79 Å². The lowest BCUT2D eigenvalue weighted by Crippen LogP contribution is -2.29. The van der Waals surface area contributed by atoms with Gasteiger partial charge >= 0.3 is 5.97 Å². The summed E-state index contributed by atoms with van der Waals surface area (Å²) in [5.74, 6) is -0.476. The van der Waals surface area contributed by atoms with E-state index in [1.807, 2.05) is 4.90 Å². The second kappa shape index (κ2) is 8.81. The smallest absolute Gasteiger partial charge is 0.330 e. The molecule has 1 aromatic rings. The summed E-state index contributed by atoms with van der Waals surface area (Å²) in [5.41, 5.74) is 0.742. The first kappa shape index (κ1) is 18.4. The molecule has 1 amide bonds. The van der Waals surface area contributed by atoms with E-state index < -0.39 is 10.9 Å². The number of anilines is 1. The molecule has 2 rings (SSSR count). The van der Waals surface area contributed by atoms with E-state index in [0.717, 1.165) is 25.9 Å². The number of nitro groups is 1. The average Bonchev–Trinajstić information content (AvgIpc) is 3.14. The van der Waals surface area contributed by atoms with Crippen molar-refractivity contribution in [3.63, 3.8) is 0 Å². The number of hydrogen-bond donors (Lipinski definition) is 1. The molecule has 0 bridgehead atoms. The molecule has 0 saturated carbocycles. The second-order valence-corrected chi connectivity index (χ2v) is 5.65. The zero-order chi connectivity index (χ0) is 18.2. The molecule has 1 aliphatic heterocycles. The Labute approximate surface area is 145 Å². The number of carbonyl (C=O) groups excluding carboxylic acids is 2. The molecule has 0 radical (unpaired) electrons. The average molecular weight is 347 g/mol. The van der Waals surface area contributed by atoms with Crippen LogP contribution in [0.3, 0.4) is 0 Å². The van der Waals surface area contributed by atoms with E-state index in [4.69, 9.17) is 0 Å². The number of hydrogen-bond acceptors (Lipinski definition) is 6. The van der Waals surface area contributed by atoms with Crippen LogP contribution in [0.15, 0.2) is 24.3 Å². The molecule has 1 saturated heterocycles. The van der Waals surface area contributed by atoms with Gasteiger partial charge in [-0.2, -0.15) is 0 Å². The molecule has 25 heavy (non-hydrogen) atoms. The number of rotatable bonds is 7. The maximum atomic E-state index is 12.0. The van der Waals surface area contributed by atoms with Crippen molar-refractivity contribution in [2.75, 3.05) is 32.1 Å². The third kappa shape index (κ3) is 5.30. The standard InChI is InChI=1S/C17H21N3O5/c1-25-17(22)7-5-13-4-6-14(15(12-13)20(23)24)18-9-8-16(21)19-10-2-3-11-19/h4-7,12,18H,2-3,8-11H2,1H3/b7-5+. The molecule has 8 nitrogen and oxygen atoms in total. The molecule has 1 N–H and O–H groups in total. The van der Waals surface area contributed by atoms with Crippen molar-refractivity contribution in [1.29, 1.82) is 0 Å². The number of ether oxygens (including phenoxy) is 1. The fourth-order valence-corrected chi connectivity index (χ4v) is 2.61. The summed E-state index contributed by atoms with van der Waals surface area (Å²) in [6, 6.07) is 4.58. The molecular weight excluding hydrogens is 326 g/mol. The minimum Gasteiger partial charge on any atom is -0.466 e. The van der Waals surface area contributed by atoms with Gasteiger partial charge in [-0.15, -0.1) is 0 Å². The first-order chi connectivity index (χ1) is 12.0. The van der Waals surface area contributed by atoms with E-state index in [1.54, 1.807) is 12.1 Å². The first-order valence-electron chi connectivity index (χ1n) is 8.07. The molecule has 0 unspecified atom stereocenters. The Balaban J connectivity index is 1.99. The van der Waals surface area contributed by atoms with Gasteiger partial charge in [0.15, 0.2) is 0 Å². The fraction of sp³-hybridized carbons (Fsp3) is 0.412. The van der Waals surface area contributed by atoms with Crippen LogP contribution in [0, 0.1) is 10.1 Å². The molecule has 0 spiro atoms. The zero-order valence-corrected chi connectivity index (χ0v) is 14.1. The van der Waals surface area contributed by atoms with Gasteiger partial charge in [-0.05, 0) is 30.5 Å². The minimum atomic E-state index is -0.537. The molecule has 0 aromatic heterocycles. The van der Waals surface area contributed by atoms with Gasteiger partial charge in [0.2, 0.25) is 5.91 Å². The molecule has 0 atom stereocenters. The number of nitro benzene ring substituents is 1. The van der Waals surface area contributed by atoms with Gasteiger partial charge in [-0.3, -0.25) is 14.9 Å². The number of carbonyl (C=O) groups is 2. The van der Waals surface area contributed by atoms with Crippen molar-refractivity contribution in [3.8, 4) is 0 Å². The van der Waals surface area contributed by atoms with Gasteiger partial charge in [0.05, 0.1) is 12.0 Å². The summed E-state index contributed by atoms with van der Waals surface area (Å²) in [6.07, 6.45) is 5.00. The van der Waals surface area contributed by atoms with Crippen LogP contribution in [-0.4, -0.2) is 48.4 Å². The van der Waals surface area contributed by atoms with Gasteiger partial charge in [0.25, 0.3) is 5.69 Å². The monoisotopic (exact) mass is 347 g/mol. The van der Waals surface area contributed by atoms with Crippen molar-refractivity contribution < 1.29 is 19.2 Å². The quantitative estimate of drug-likeness (QED) is 0.351. The maximum Gasteiger partial charge on any atom is 0.330 e. The Morgan fingerprint density at radius 1 is 1.36 bits per heavy atom. The van der Waals surface area contributed by atoms with E-state index in [2.05, 4.69) is 10.1 Å². The minimum absolute atomic E-state index is 0.0604. The van der Waals surface area contributed by atoms with Crippen LogP contribution in [-0.2, 0) is 14.3 Å². The summed E-state index contributed by atoms with van der Waals surface area (Å²) >= 11 is 0. The topological polar surface area (TPSA) is 102 Å². The van der Waals surface area contributed by atoms with Gasteiger partial charge < -0.3 is 15.0 Å². The van der Waals surface area contributed by atoms with E-state index in [-0.39, 0.29) is 11.6 Å². The van der Waals surface area contributed by atoms with Gasteiger partial charge in [-0.1, -0.05) is 6.07 Å². The Morgan fingerprint density at radius 3 is 2.72 bits per heavy atom. The Bertz CT molecular complexity index is 681. The van der Waals surface area contributed by atoms with Crippen LogP contribution in [0.25, 0.3) is 6.08 Å². The Kier molecular flexibility index (Phi) is 6.50. The highest BCUT2D eigenvalue weighted by Gasteiger charge is 2.18. The lowest BCUT2D eigenvalue weighted by Gasteiger charge is -2.15. The molecule has 1 aliphatic rings. The molecule has 1 fully saturated rings. The van der Waals surface area contributed by atoms with Crippen molar-refractivity contribution in [2.45, 2.75) is 19.3 Å². The van der Waals surface area contributed by atoms with E-state index in [9.17, 15) is 19.7 Å². The second-order valence-electron chi connectivity index (χ2n) is 5.65. The SMILES string of the molecule is COC(=O)/C=C/c1ccc(NCCC(=O)N2CCCC2)c([N+](=O)[O-])c1.